The summed E-state index contributed by atoms with van der Waals surface area (Å²) in [4.78, 5) is 4.44. The third-order valence-electron chi connectivity index (χ3n) is 5.31. The number of halogens is 1. The van der Waals surface area contributed by atoms with Gasteiger partial charge >= 0.3 is 0 Å². The zero-order valence-corrected chi connectivity index (χ0v) is 19.1. The molecule has 1 aromatic carbocycles. The highest BCUT2D eigenvalue weighted by Gasteiger charge is 2.43. The Morgan fingerprint density at radius 2 is 2.04 bits per heavy atom. The Balaban J connectivity index is 0.00000243. The number of ether oxygens (including phenoxy) is 1. The maximum absolute atomic E-state index is 6.45. The lowest BCUT2D eigenvalue weighted by molar-refractivity contribution is 0.0396. The molecule has 146 valence electrons. The van der Waals surface area contributed by atoms with Crippen molar-refractivity contribution in [2.24, 2.45) is 4.99 Å². The predicted molar refractivity (Wildman–Crippen MR) is 123 cm³/mol. The Labute approximate surface area is 179 Å². The lowest BCUT2D eigenvalue weighted by Gasteiger charge is -2.40. The van der Waals surface area contributed by atoms with Gasteiger partial charge in [0.25, 0.3) is 0 Å². The second-order valence-electron chi connectivity index (χ2n) is 7.13. The molecule has 0 bridgehead atoms. The van der Waals surface area contributed by atoms with Crippen molar-refractivity contribution in [3.8, 4) is 5.75 Å². The highest BCUT2D eigenvalue weighted by atomic mass is 127. The summed E-state index contributed by atoms with van der Waals surface area (Å²) < 4.78 is 6.45. The summed E-state index contributed by atoms with van der Waals surface area (Å²) in [6, 6.07) is 8.73. The van der Waals surface area contributed by atoms with E-state index in [1.165, 1.54) is 49.8 Å². The molecule has 26 heavy (non-hydrogen) atoms. The summed E-state index contributed by atoms with van der Waals surface area (Å²) in [5.41, 5.74) is 1.27. The molecule has 4 nitrogen and oxygen atoms in total. The molecule has 2 aliphatic rings. The van der Waals surface area contributed by atoms with E-state index in [0.717, 1.165) is 24.7 Å². The van der Waals surface area contributed by atoms with E-state index >= 15 is 0 Å². The third kappa shape index (κ3) is 5.44. The normalized spacial score (nSPS) is 20.8. The van der Waals surface area contributed by atoms with Crippen molar-refractivity contribution in [1.82, 2.24) is 10.6 Å². The van der Waals surface area contributed by atoms with Crippen molar-refractivity contribution in [2.75, 3.05) is 25.6 Å². The van der Waals surface area contributed by atoms with E-state index < -0.39 is 0 Å². The molecule has 0 saturated heterocycles. The zero-order chi connectivity index (χ0) is 17.5. The number of guanidine groups is 1. The van der Waals surface area contributed by atoms with E-state index in [9.17, 15) is 0 Å². The SMILES string of the molecule is CN=C(NCCCCSC)NC1CC2(CCCC2)Oc2ccccc21.I. The topological polar surface area (TPSA) is 45.7 Å². The second-order valence-corrected chi connectivity index (χ2v) is 8.12. The van der Waals surface area contributed by atoms with Gasteiger partial charge in [0.15, 0.2) is 5.96 Å². The Bertz CT molecular complexity index is 590. The summed E-state index contributed by atoms with van der Waals surface area (Å²) in [6.07, 6.45) is 10.5. The lowest BCUT2D eigenvalue weighted by atomic mass is 9.86. The monoisotopic (exact) mass is 489 g/mol. The van der Waals surface area contributed by atoms with E-state index in [1.807, 2.05) is 18.8 Å². The fourth-order valence-electron chi connectivity index (χ4n) is 4.01. The largest absolute Gasteiger partial charge is 0.487 e. The van der Waals surface area contributed by atoms with Gasteiger partial charge in [-0.1, -0.05) is 18.2 Å². The first-order valence-corrected chi connectivity index (χ1v) is 10.9. The first-order valence-electron chi connectivity index (χ1n) is 9.50. The zero-order valence-electron chi connectivity index (χ0n) is 15.9. The van der Waals surface area contributed by atoms with Crippen LogP contribution in [-0.4, -0.2) is 37.2 Å². The van der Waals surface area contributed by atoms with Gasteiger partial charge < -0.3 is 15.4 Å². The summed E-state index contributed by atoms with van der Waals surface area (Å²) in [6.45, 7) is 0.968. The number of nitrogens with zero attached hydrogens (tertiary/aromatic N) is 1. The van der Waals surface area contributed by atoms with Gasteiger partial charge in [-0.3, -0.25) is 4.99 Å². The Kier molecular flexibility index (Phi) is 8.87. The molecule has 0 amide bonds. The van der Waals surface area contributed by atoms with Crippen molar-refractivity contribution < 1.29 is 4.74 Å². The number of aliphatic imine (C=N–C) groups is 1. The summed E-state index contributed by atoms with van der Waals surface area (Å²) in [5, 5.41) is 7.13. The number of thioether (sulfide) groups is 1. The van der Waals surface area contributed by atoms with Gasteiger partial charge in [0.05, 0.1) is 6.04 Å². The lowest BCUT2D eigenvalue weighted by Crippen LogP contribution is -2.46. The second kappa shape index (κ2) is 10.6. The van der Waals surface area contributed by atoms with E-state index in [0.29, 0.717) is 0 Å². The molecule has 1 aliphatic heterocycles. The highest BCUT2D eigenvalue weighted by molar-refractivity contribution is 14.0. The van der Waals surface area contributed by atoms with Crippen molar-refractivity contribution in [3.63, 3.8) is 0 Å². The maximum Gasteiger partial charge on any atom is 0.191 e. The van der Waals surface area contributed by atoms with Crippen LogP contribution in [0.1, 0.15) is 56.6 Å². The van der Waals surface area contributed by atoms with Gasteiger partial charge in [-0.25, -0.2) is 0 Å². The number of para-hydroxylation sites is 1. The number of hydrogen-bond acceptors (Lipinski definition) is 3. The van der Waals surface area contributed by atoms with Crippen LogP contribution in [0.15, 0.2) is 29.3 Å². The van der Waals surface area contributed by atoms with Crippen LogP contribution in [0.2, 0.25) is 0 Å². The Morgan fingerprint density at radius 3 is 2.77 bits per heavy atom. The molecular weight excluding hydrogens is 457 g/mol. The quantitative estimate of drug-likeness (QED) is 0.262. The van der Waals surface area contributed by atoms with Gasteiger partial charge in [-0.05, 0) is 56.6 Å². The van der Waals surface area contributed by atoms with Crippen LogP contribution in [-0.2, 0) is 0 Å². The number of rotatable bonds is 6. The van der Waals surface area contributed by atoms with E-state index in [-0.39, 0.29) is 35.6 Å². The smallest absolute Gasteiger partial charge is 0.191 e. The first kappa shape index (κ1) is 21.7. The van der Waals surface area contributed by atoms with Crippen LogP contribution in [0.25, 0.3) is 0 Å². The van der Waals surface area contributed by atoms with Gasteiger partial charge in [-0.2, -0.15) is 11.8 Å². The number of nitrogens with one attached hydrogen (secondary N) is 2. The van der Waals surface area contributed by atoms with Gasteiger partial charge in [0.2, 0.25) is 0 Å². The van der Waals surface area contributed by atoms with Gasteiger partial charge in [-0.15, -0.1) is 24.0 Å². The number of benzene rings is 1. The molecule has 2 N–H and O–H groups in total. The average molecular weight is 489 g/mol. The van der Waals surface area contributed by atoms with Crippen LogP contribution in [0.3, 0.4) is 0 Å². The standard InChI is InChI=1S/C20H31N3OS.HI/c1-21-19(22-13-7-8-14-25-2)23-17-15-20(11-5-6-12-20)24-18-10-4-3-9-16(17)18;/h3-4,9-10,17H,5-8,11-15H2,1-2H3,(H2,21,22,23);1H. The van der Waals surface area contributed by atoms with Crippen LogP contribution < -0.4 is 15.4 Å². The van der Waals surface area contributed by atoms with Crippen molar-refractivity contribution in [1.29, 1.82) is 0 Å². The van der Waals surface area contributed by atoms with Crippen molar-refractivity contribution in [3.05, 3.63) is 29.8 Å². The third-order valence-corrected chi connectivity index (χ3v) is 6.01. The fraction of sp³-hybridized carbons (Fsp3) is 0.650. The Morgan fingerprint density at radius 1 is 1.27 bits per heavy atom. The van der Waals surface area contributed by atoms with Gasteiger partial charge in [0, 0.05) is 25.6 Å². The number of hydrogen-bond donors (Lipinski definition) is 2. The van der Waals surface area contributed by atoms with Crippen LogP contribution >= 0.6 is 35.7 Å². The van der Waals surface area contributed by atoms with E-state index in [1.54, 1.807) is 0 Å². The van der Waals surface area contributed by atoms with Crippen molar-refractivity contribution >= 4 is 41.7 Å². The molecule has 1 unspecified atom stereocenters. The molecule has 1 spiro atoms. The highest BCUT2D eigenvalue weighted by Crippen LogP contribution is 2.46. The molecule has 1 aliphatic carbocycles. The fourth-order valence-corrected chi connectivity index (χ4v) is 4.50. The number of fused-ring (bicyclic) bond motifs is 1. The van der Waals surface area contributed by atoms with Crippen molar-refractivity contribution in [2.45, 2.75) is 56.6 Å². The number of unbranched alkanes of at least 4 members (excludes halogenated alkanes) is 1. The minimum Gasteiger partial charge on any atom is -0.487 e. The molecule has 1 aromatic rings. The van der Waals surface area contributed by atoms with Crippen LogP contribution in [0, 0.1) is 0 Å². The maximum atomic E-state index is 6.45. The molecular formula is C20H32IN3OS. The molecule has 6 heteroatoms. The summed E-state index contributed by atoms with van der Waals surface area (Å²) in [5.74, 6) is 3.17. The summed E-state index contributed by atoms with van der Waals surface area (Å²) in [7, 11) is 1.85. The molecule has 0 aromatic heterocycles. The first-order chi connectivity index (χ1) is 12.3. The minimum absolute atomic E-state index is 0. The van der Waals surface area contributed by atoms with E-state index in [4.69, 9.17) is 4.74 Å². The molecule has 0 radical (unpaired) electrons. The molecule has 1 fully saturated rings. The molecule has 3 rings (SSSR count). The molecule has 1 atom stereocenters. The van der Waals surface area contributed by atoms with E-state index in [2.05, 4.69) is 46.1 Å². The predicted octanol–water partition coefficient (Wildman–Crippen LogP) is 4.75. The average Bonchev–Trinajstić information content (AvgIpc) is 3.07. The minimum atomic E-state index is 0. The molecule has 1 saturated carbocycles. The van der Waals surface area contributed by atoms with Crippen LogP contribution in [0.5, 0.6) is 5.75 Å². The Hall–Kier alpha value is -0.630. The summed E-state index contributed by atoms with van der Waals surface area (Å²) >= 11 is 1.91. The van der Waals surface area contributed by atoms with Crippen LogP contribution in [0.4, 0.5) is 0 Å². The molecule has 1 heterocycles. The van der Waals surface area contributed by atoms with Gasteiger partial charge in [0.1, 0.15) is 11.4 Å².